The van der Waals surface area contributed by atoms with Crippen molar-refractivity contribution < 1.29 is 9.18 Å². The Labute approximate surface area is 143 Å². The molecule has 0 saturated heterocycles. The number of nitrogens with one attached hydrogen (secondary N) is 2. The molecule has 6 heteroatoms. The molecule has 2 N–H and O–H groups in total. The summed E-state index contributed by atoms with van der Waals surface area (Å²) in [5.41, 5.74) is 1.51. The topological polar surface area (TPSA) is 44.4 Å². The maximum atomic E-state index is 13.4. The summed E-state index contributed by atoms with van der Waals surface area (Å²) in [6.45, 7) is 0.368. The molecule has 2 aromatic carbocycles. The molecule has 2 aromatic rings. The van der Waals surface area contributed by atoms with Crippen LogP contribution in [0.4, 0.5) is 14.9 Å². The van der Waals surface area contributed by atoms with Crippen molar-refractivity contribution in [1.29, 1.82) is 0 Å². The van der Waals surface area contributed by atoms with Crippen LogP contribution in [0.3, 0.4) is 0 Å². The molecule has 0 aliphatic carbocycles. The van der Waals surface area contributed by atoms with Crippen molar-refractivity contribution in [1.82, 2.24) is 10.2 Å². The third-order valence-corrected chi connectivity index (χ3v) is 4.13. The van der Waals surface area contributed by atoms with E-state index in [9.17, 15) is 9.18 Å². The van der Waals surface area contributed by atoms with Crippen LogP contribution in [0.15, 0.2) is 53.0 Å². The first kappa shape index (κ1) is 17.4. The maximum Gasteiger partial charge on any atom is 0.319 e. The van der Waals surface area contributed by atoms with Gasteiger partial charge in [-0.05, 0) is 59.9 Å². The monoisotopic (exact) mass is 379 g/mol. The first-order chi connectivity index (χ1) is 11.0. The summed E-state index contributed by atoms with van der Waals surface area (Å²) >= 11 is 3.38. The van der Waals surface area contributed by atoms with E-state index in [0.29, 0.717) is 12.2 Å². The van der Waals surface area contributed by atoms with Crippen LogP contribution in [0.2, 0.25) is 0 Å². The Bertz CT molecular complexity index is 678. The molecule has 0 heterocycles. The fourth-order valence-corrected chi connectivity index (χ4v) is 2.61. The second-order valence-electron chi connectivity index (χ2n) is 5.35. The molecular weight excluding hydrogens is 361 g/mol. The molecule has 0 bridgehead atoms. The largest absolute Gasteiger partial charge is 0.336 e. The fraction of sp³-hybridized carbons (Fsp3) is 0.235. The number of hydrogen-bond acceptors (Lipinski definition) is 2. The minimum Gasteiger partial charge on any atom is -0.336 e. The number of benzene rings is 2. The molecule has 0 aromatic heterocycles. The zero-order valence-corrected chi connectivity index (χ0v) is 14.6. The number of likely N-dealkylation sites (N-methyl/N-ethyl adjacent to an activating group) is 1. The second-order valence-corrected chi connectivity index (χ2v) is 6.20. The zero-order valence-electron chi connectivity index (χ0n) is 13.0. The molecule has 0 radical (unpaired) electrons. The average molecular weight is 380 g/mol. The predicted molar refractivity (Wildman–Crippen MR) is 94.0 cm³/mol. The quantitative estimate of drug-likeness (QED) is 0.823. The summed E-state index contributed by atoms with van der Waals surface area (Å²) in [7, 11) is 3.78. The van der Waals surface area contributed by atoms with Gasteiger partial charge in [0, 0.05) is 11.0 Å². The van der Waals surface area contributed by atoms with Crippen molar-refractivity contribution in [3.63, 3.8) is 0 Å². The van der Waals surface area contributed by atoms with Crippen molar-refractivity contribution in [3.05, 3.63) is 64.4 Å². The van der Waals surface area contributed by atoms with Crippen LogP contribution in [0, 0.1) is 5.82 Å². The lowest BCUT2D eigenvalue weighted by Gasteiger charge is -2.25. The summed E-state index contributed by atoms with van der Waals surface area (Å²) in [5.74, 6) is -0.285. The van der Waals surface area contributed by atoms with Gasteiger partial charge in [-0.25, -0.2) is 9.18 Å². The highest BCUT2D eigenvalue weighted by Gasteiger charge is 2.16. The minimum absolute atomic E-state index is 0.115. The lowest BCUT2D eigenvalue weighted by Crippen LogP contribution is -2.37. The van der Waals surface area contributed by atoms with Crippen LogP contribution < -0.4 is 10.6 Å². The van der Waals surface area contributed by atoms with Gasteiger partial charge in [0.15, 0.2) is 0 Å². The molecule has 122 valence electrons. The molecule has 2 rings (SSSR count). The molecule has 2 amide bonds. The number of carbonyl (C=O) groups excluding carboxylic acids is 1. The first-order valence-corrected chi connectivity index (χ1v) is 7.98. The molecule has 0 fully saturated rings. The van der Waals surface area contributed by atoms with E-state index < -0.39 is 0 Å². The van der Waals surface area contributed by atoms with Crippen LogP contribution in [0.5, 0.6) is 0 Å². The normalized spacial score (nSPS) is 12.0. The van der Waals surface area contributed by atoms with E-state index in [1.54, 1.807) is 12.1 Å². The summed E-state index contributed by atoms with van der Waals surface area (Å²) in [4.78, 5) is 14.0. The van der Waals surface area contributed by atoms with Crippen LogP contribution in [-0.4, -0.2) is 31.6 Å². The van der Waals surface area contributed by atoms with E-state index in [0.717, 1.165) is 10.0 Å². The fourth-order valence-electron chi connectivity index (χ4n) is 2.23. The third-order valence-electron chi connectivity index (χ3n) is 3.43. The minimum atomic E-state index is -0.305. The summed E-state index contributed by atoms with van der Waals surface area (Å²) in [5, 5.41) is 5.60. The van der Waals surface area contributed by atoms with Crippen molar-refractivity contribution in [2.75, 3.05) is 26.0 Å². The van der Waals surface area contributed by atoms with Gasteiger partial charge in [-0.3, -0.25) is 0 Å². The van der Waals surface area contributed by atoms with Gasteiger partial charge in [-0.1, -0.05) is 24.3 Å². The summed E-state index contributed by atoms with van der Waals surface area (Å²) in [6, 6.07) is 13.4. The first-order valence-electron chi connectivity index (χ1n) is 7.18. The van der Waals surface area contributed by atoms with E-state index in [1.165, 1.54) is 12.1 Å². The Morgan fingerprint density at radius 3 is 2.61 bits per heavy atom. The second kappa shape index (κ2) is 8.08. The highest BCUT2D eigenvalue weighted by Crippen LogP contribution is 2.21. The average Bonchev–Trinajstić information content (AvgIpc) is 2.49. The number of halogens is 2. The number of hydrogen-bond donors (Lipinski definition) is 2. The Morgan fingerprint density at radius 2 is 1.96 bits per heavy atom. The number of nitrogens with zero attached hydrogens (tertiary/aromatic N) is 1. The number of carbonyl (C=O) groups is 1. The van der Waals surface area contributed by atoms with E-state index in [2.05, 4.69) is 26.6 Å². The molecule has 1 unspecified atom stereocenters. The maximum absolute atomic E-state index is 13.4. The Kier molecular flexibility index (Phi) is 6.12. The van der Waals surface area contributed by atoms with E-state index in [4.69, 9.17) is 0 Å². The van der Waals surface area contributed by atoms with E-state index in [1.807, 2.05) is 43.3 Å². The standard InChI is InChI=1S/C17H19BrFN3O/c1-22(2)16(12-6-5-7-13(19)10-12)11-20-17(23)21-15-9-4-3-8-14(15)18/h3-10,16H,11H2,1-2H3,(H2,20,21,23). The lowest BCUT2D eigenvalue weighted by molar-refractivity contribution is 0.243. The Morgan fingerprint density at radius 1 is 1.22 bits per heavy atom. The van der Waals surface area contributed by atoms with Gasteiger partial charge in [-0.15, -0.1) is 0 Å². The number of rotatable bonds is 5. The Hall–Kier alpha value is -1.92. The summed E-state index contributed by atoms with van der Waals surface area (Å²) < 4.78 is 14.2. The van der Waals surface area contributed by atoms with Crippen molar-refractivity contribution in [2.45, 2.75) is 6.04 Å². The zero-order chi connectivity index (χ0) is 16.8. The van der Waals surface area contributed by atoms with Gasteiger partial charge in [0.05, 0.1) is 11.7 Å². The smallest absolute Gasteiger partial charge is 0.319 e. The van der Waals surface area contributed by atoms with Crippen molar-refractivity contribution in [2.24, 2.45) is 0 Å². The van der Waals surface area contributed by atoms with Gasteiger partial charge in [0.1, 0.15) is 5.82 Å². The van der Waals surface area contributed by atoms with Crippen LogP contribution in [0.25, 0.3) is 0 Å². The molecule has 0 aliphatic rings. The summed E-state index contributed by atoms with van der Waals surface area (Å²) in [6.07, 6.45) is 0. The van der Waals surface area contributed by atoms with Gasteiger partial charge in [0.25, 0.3) is 0 Å². The predicted octanol–water partition coefficient (Wildman–Crippen LogP) is 4.01. The number of para-hydroxylation sites is 1. The molecule has 1 atom stereocenters. The molecule has 0 saturated carbocycles. The highest BCUT2D eigenvalue weighted by molar-refractivity contribution is 9.10. The highest BCUT2D eigenvalue weighted by atomic mass is 79.9. The SMILES string of the molecule is CN(C)C(CNC(=O)Nc1ccccc1Br)c1cccc(F)c1. The molecule has 0 aliphatic heterocycles. The number of amides is 2. The van der Waals surface area contributed by atoms with Gasteiger partial charge < -0.3 is 15.5 Å². The van der Waals surface area contributed by atoms with Gasteiger partial charge >= 0.3 is 6.03 Å². The lowest BCUT2D eigenvalue weighted by atomic mass is 10.1. The van der Waals surface area contributed by atoms with E-state index in [-0.39, 0.29) is 17.9 Å². The number of anilines is 1. The van der Waals surface area contributed by atoms with Gasteiger partial charge in [-0.2, -0.15) is 0 Å². The van der Waals surface area contributed by atoms with E-state index >= 15 is 0 Å². The van der Waals surface area contributed by atoms with Crippen LogP contribution in [0.1, 0.15) is 11.6 Å². The third kappa shape index (κ3) is 5.04. The molecular formula is C17H19BrFN3O. The Balaban J connectivity index is 1.99. The van der Waals surface area contributed by atoms with Gasteiger partial charge in [0.2, 0.25) is 0 Å². The molecule has 4 nitrogen and oxygen atoms in total. The molecule has 0 spiro atoms. The van der Waals surface area contributed by atoms with Crippen LogP contribution >= 0.6 is 15.9 Å². The van der Waals surface area contributed by atoms with Crippen LogP contribution in [-0.2, 0) is 0 Å². The number of urea groups is 1. The molecule has 23 heavy (non-hydrogen) atoms. The van der Waals surface area contributed by atoms with Crippen molar-refractivity contribution >= 4 is 27.6 Å². The van der Waals surface area contributed by atoms with Crippen molar-refractivity contribution in [3.8, 4) is 0 Å².